The van der Waals surface area contributed by atoms with Gasteiger partial charge in [0.05, 0.1) is 23.1 Å². The minimum Gasteiger partial charge on any atom is -0.394 e. The summed E-state index contributed by atoms with van der Waals surface area (Å²) in [6.07, 6.45) is 4.60. The van der Waals surface area contributed by atoms with Crippen LogP contribution in [-0.4, -0.2) is 40.6 Å². The summed E-state index contributed by atoms with van der Waals surface area (Å²) in [5, 5.41) is 9.12. The van der Waals surface area contributed by atoms with Crippen LogP contribution in [0.25, 0.3) is 0 Å². The number of likely N-dealkylation sites (N-methyl/N-ethyl adjacent to an activating group) is 1. The summed E-state index contributed by atoms with van der Waals surface area (Å²) in [4.78, 5) is 14.4. The summed E-state index contributed by atoms with van der Waals surface area (Å²) in [5.74, 6) is -0.0359. The molecule has 0 aliphatic heterocycles. The number of aliphatic hydroxyl groups excluding tert-OH is 1. The number of hydrogen-bond donors (Lipinski definition) is 2. The van der Waals surface area contributed by atoms with Crippen LogP contribution in [0.5, 0.6) is 0 Å². The van der Waals surface area contributed by atoms with E-state index in [2.05, 4.69) is 0 Å². The quantitative estimate of drug-likeness (QED) is 0.740. The normalized spacial score (nSPS) is 20.6. The molecule has 0 aromatic carbocycles. The molecule has 1 rings (SSSR count). The monoisotopic (exact) mass is 258 g/mol. The summed E-state index contributed by atoms with van der Waals surface area (Å²) < 4.78 is 0. The van der Waals surface area contributed by atoms with Crippen LogP contribution in [0, 0.1) is 5.41 Å². The van der Waals surface area contributed by atoms with E-state index in [9.17, 15) is 4.79 Å². The van der Waals surface area contributed by atoms with Crippen molar-refractivity contribution in [3.8, 4) is 0 Å². The maximum absolute atomic E-state index is 12.5. The van der Waals surface area contributed by atoms with Crippen molar-refractivity contribution in [1.82, 2.24) is 4.90 Å². The molecule has 0 radical (unpaired) electrons. The van der Waals surface area contributed by atoms with Crippen molar-refractivity contribution in [2.45, 2.75) is 45.1 Å². The van der Waals surface area contributed by atoms with E-state index in [4.69, 9.17) is 23.1 Å². The highest BCUT2D eigenvalue weighted by Crippen LogP contribution is 2.38. The van der Waals surface area contributed by atoms with Gasteiger partial charge >= 0.3 is 0 Å². The lowest BCUT2D eigenvalue weighted by Crippen LogP contribution is -2.53. The summed E-state index contributed by atoms with van der Waals surface area (Å²) in [5.41, 5.74) is 5.13. The van der Waals surface area contributed by atoms with Gasteiger partial charge in [-0.2, -0.15) is 0 Å². The molecule has 1 saturated carbocycles. The predicted molar refractivity (Wildman–Crippen MR) is 71.6 cm³/mol. The van der Waals surface area contributed by atoms with Crippen molar-refractivity contribution in [3.63, 3.8) is 0 Å². The van der Waals surface area contributed by atoms with Crippen molar-refractivity contribution >= 4 is 23.1 Å². The molecule has 3 N–H and O–H groups in total. The molecule has 4 nitrogen and oxygen atoms in total. The van der Waals surface area contributed by atoms with E-state index < -0.39 is 5.41 Å². The fourth-order valence-corrected chi connectivity index (χ4v) is 2.67. The number of carbonyl (C=O) groups excluding carboxylic acids is 1. The molecular weight excluding hydrogens is 236 g/mol. The number of carbonyl (C=O) groups is 1. The van der Waals surface area contributed by atoms with Crippen molar-refractivity contribution in [2.75, 3.05) is 13.7 Å². The van der Waals surface area contributed by atoms with E-state index in [1.807, 2.05) is 6.92 Å². The highest BCUT2D eigenvalue weighted by Gasteiger charge is 2.44. The molecule has 1 fully saturated rings. The predicted octanol–water partition coefficient (Wildman–Crippen LogP) is 1.06. The largest absolute Gasteiger partial charge is 0.394 e. The van der Waals surface area contributed by atoms with E-state index in [1.54, 1.807) is 11.9 Å². The standard InChI is InChI=1S/C12H22N2O2S/c1-9(8-15)14(2)11(16)12(10(13)17)6-4-3-5-7-12/h9,15H,3-8H2,1-2H3,(H2,13,17). The lowest BCUT2D eigenvalue weighted by molar-refractivity contribution is -0.141. The minimum absolute atomic E-state index is 0.0359. The number of amides is 1. The van der Waals surface area contributed by atoms with Crippen molar-refractivity contribution in [1.29, 1.82) is 0 Å². The Morgan fingerprint density at radius 1 is 1.47 bits per heavy atom. The zero-order valence-corrected chi connectivity index (χ0v) is 11.4. The second kappa shape index (κ2) is 5.78. The molecule has 1 aliphatic carbocycles. The molecule has 5 heteroatoms. The van der Waals surface area contributed by atoms with Crippen LogP contribution < -0.4 is 5.73 Å². The molecule has 0 aromatic rings. The van der Waals surface area contributed by atoms with Crippen LogP contribution in [0.15, 0.2) is 0 Å². The van der Waals surface area contributed by atoms with Gasteiger partial charge in [-0.3, -0.25) is 4.79 Å². The van der Waals surface area contributed by atoms with Gasteiger partial charge in [0.15, 0.2) is 0 Å². The highest BCUT2D eigenvalue weighted by molar-refractivity contribution is 7.80. The molecule has 0 heterocycles. The number of nitrogens with two attached hydrogens (primary N) is 1. The van der Waals surface area contributed by atoms with E-state index in [1.165, 1.54) is 0 Å². The number of nitrogens with zero attached hydrogens (tertiary/aromatic N) is 1. The van der Waals surface area contributed by atoms with Crippen LogP contribution >= 0.6 is 12.2 Å². The van der Waals surface area contributed by atoms with Gasteiger partial charge in [-0.1, -0.05) is 31.5 Å². The molecular formula is C12H22N2O2S. The molecule has 0 spiro atoms. The summed E-state index contributed by atoms with van der Waals surface area (Å²) >= 11 is 5.11. The van der Waals surface area contributed by atoms with E-state index in [0.717, 1.165) is 32.1 Å². The zero-order chi connectivity index (χ0) is 13.1. The van der Waals surface area contributed by atoms with Crippen LogP contribution in [0.1, 0.15) is 39.0 Å². The molecule has 0 saturated heterocycles. The lowest BCUT2D eigenvalue weighted by Gasteiger charge is -2.39. The second-order valence-electron chi connectivity index (χ2n) is 4.95. The van der Waals surface area contributed by atoms with Crippen LogP contribution in [0.4, 0.5) is 0 Å². The number of hydrogen-bond acceptors (Lipinski definition) is 3. The van der Waals surface area contributed by atoms with Crippen molar-refractivity contribution in [2.24, 2.45) is 11.1 Å². The van der Waals surface area contributed by atoms with E-state index in [-0.39, 0.29) is 18.6 Å². The first kappa shape index (κ1) is 14.4. The topological polar surface area (TPSA) is 66.6 Å². The summed E-state index contributed by atoms with van der Waals surface area (Å²) in [7, 11) is 1.71. The average molecular weight is 258 g/mol. The Balaban J connectivity index is 2.91. The van der Waals surface area contributed by atoms with Gasteiger partial charge in [-0.05, 0) is 19.8 Å². The molecule has 1 atom stereocenters. The van der Waals surface area contributed by atoms with Gasteiger partial charge in [-0.15, -0.1) is 0 Å². The SMILES string of the molecule is CC(CO)N(C)C(=O)C1(C(N)=S)CCCCC1. The molecule has 0 bridgehead atoms. The lowest BCUT2D eigenvalue weighted by atomic mass is 9.72. The van der Waals surface area contributed by atoms with Gasteiger partial charge in [0.1, 0.15) is 0 Å². The molecule has 1 unspecified atom stereocenters. The highest BCUT2D eigenvalue weighted by atomic mass is 32.1. The Hall–Kier alpha value is -0.680. The van der Waals surface area contributed by atoms with Gasteiger partial charge < -0.3 is 15.7 Å². The van der Waals surface area contributed by atoms with Gasteiger partial charge in [0.2, 0.25) is 5.91 Å². The minimum atomic E-state index is -0.675. The Kier molecular flexibility index (Phi) is 4.89. The Morgan fingerprint density at radius 2 is 2.00 bits per heavy atom. The summed E-state index contributed by atoms with van der Waals surface area (Å²) in [6, 6.07) is -0.198. The van der Waals surface area contributed by atoms with Crippen LogP contribution in [0.3, 0.4) is 0 Å². The first-order chi connectivity index (χ1) is 7.95. The molecule has 1 aliphatic rings. The van der Waals surface area contributed by atoms with Gasteiger partial charge in [0, 0.05) is 7.05 Å². The third kappa shape index (κ3) is 2.77. The fraction of sp³-hybridized carbons (Fsp3) is 0.833. The van der Waals surface area contributed by atoms with Gasteiger partial charge in [-0.25, -0.2) is 0 Å². The Bertz CT molecular complexity index is 301. The first-order valence-corrected chi connectivity index (χ1v) is 6.54. The Labute approximate surface area is 108 Å². The summed E-state index contributed by atoms with van der Waals surface area (Å²) in [6.45, 7) is 1.77. The molecule has 0 aromatic heterocycles. The zero-order valence-electron chi connectivity index (χ0n) is 10.6. The van der Waals surface area contributed by atoms with Crippen LogP contribution in [0.2, 0.25) is 0 Å². The second-order valence-corrected chi connectivity index (χ2v) is 5.39. The molecule has 17 heavy (non-hydrogen) atoms. The van der Waals surface area contributed by atoms with Crippen molar-refractivity contribution in [3.05, 3.63) is 0 Å². The van der Waals surface area contributed by atoms with Gasteiger partial charge in [0.25, 0.3) is 0 Å². The number of thiocarbonyl (C=S) groups is 1. The van der Waals surface area contributed by atoms with Crippen molar-refractivity contribution < 1.29 is 9.90 Å². The Morgan fingerprint density at radius 3 is 2.41 bits per heavy atom. The molecule has 1 amide bonds. The fourth-order valence-electron chi connectivity index (χ4n) is 2.38. The average Bonchev–Trinajstić information content (AvgIpc) is 2.36. The number of rotatable bonds is 4. The smallest absolute Gasteiger partial charge is 0.235 e. The molecule has 98 valence electrons. The van der Waals surface area contributed by atoms with E-state index >= 15 is 0 Å². The number of aliphatic hydroxyl groups is 1. The van der Waals surface area contributed by atoms with E-state index in [0.29, 0.717) is 4.99 Å². The third-order valence-corrected chi connectivity index (χ3v) is 4.22. The maximum Gasteiger partial charge on any atom is 0.235 e. The third-order valence-electron chi connectivity index (χ3n) is 3.83. The first-order valence-electron chi connectivity index (χ1n) is 6.13. The van der Waals surface area contributed by atoms with Crippen LogP contribution in [-0.2, 0) is 4.79 Å². The maximum atomic E-state index is 12.5.